The van der Waals surface area contributed by atoms with Gasteiger partial charge >= 0.3 is 0 Å². The summed E-state index contributed by atoms with van der Waals surface area (Å²) in [5.74, 6) is 0. The van der Waals surface area contributed by atoms with Crippen LogP contribution in [-0.4, -0.2) is 8.32 Å². The molecule has 0 amide bonds. The van der Waals surface area contributed by atoms with Crippen molar-refractivity contribution >= 4 is 29.7 Å². The van der Waals surface area contributed by atoms with Gasteiger partial charge in [-0.3, -0.25) is 0 Å². The van der Waals surface area contributed by atoms with Gasteiger partial charge in [0.25, 0.3) is 0 Å². The Kier molecular flexibility index (Phi) is 4.24. The molecular formula is C17H24OSSi. The third-order valence-electron chi connectivity index (χ3n) is 4.17. The maximum atomic E-state index is 6.50. The molecule has 1 aromatic heterocycles. The Morgan fingerprint density at radius 1 is 1.25 bits per heavy atom. The molecule has 1 atom stereocenters. The second-order valence-corrected chi connectivity index (χ2v) is 12.6. The van der Waals surface area contributed by atoms with Gasteiger partial charge in [0, 0.05) is 9.58 Å². The zero-order chi connectivity index (χ0) is 15.0. The molecule has 0 aliphatic carbocycles. The predicted molar refractivity (Wildman–Crippen MR) is 93.0 cm³/mol. The smallest absolute Gasteiger partial charge is 0.193 e. The first-order valence-corrected chi connectivity index (χ1v) is 10.8. The first-order chi connectivity index (χ1) is 9.24. The molecule has 0 radical (unpaired) electrons. The molecule has 2 aromatic rings. The van der Waals surface area contributed by atoms with Gasteiger partial charge in [0.15, 0.2) is 8.32 Å². The molecule has 0 saturated heterocycles. The third kappa shape index (κ3) is 3.05. The molecule has 1 heterocycles. The average molecular weight is 305 g/mol. The summed E-state index contributed by atoms with van der Waals surface area (Å²) in [7, 11) is -1.79. The fraction of sp³-hybridized carbons (Fsp3) is 0.412. The Morgan fingerprint density at radius 2 is 1.90 bits per heavy atom. The van der Waals surface area contributed by atoms with Crippen LogP contribution >= 0.6 is 11.3 Å². The standard InChI is InChI=1S/C17H24OSSi/c1-7-14(18-20(5,6)17(2,3)4)16-12-13-10-8-9-11-15(13)19-16/h7-12,14H,1H2,2-6H3/t14-/m1/s1. The van der Waals surface area contributed by atoms with Crippen molar-refractivity contribution in [2.75, 3.05) is 0 Å². The number of fused-ring (bicyclic) bond motifs is 1. The number of hydrogen-bond acceptors (Lipinski definition) is 2. The van der Waals surface area contributed by atoms with Gasteiger partial charge in [-0.2, -0.15) is 0 Å². The summed E-state index contributed by atoms with van der Waals surface area (Å²) >= 11 is 1.81. The molecular weight excluding hydrogens is 280 g/mol. The maximum Gasteiger partial charge on any atom is 0.193 e. The molecule has 1 nitrogen and oxygen atoms in total. The minimum atomic E-state index is -1.79. The Hall–Kier alpha value is -0.903. The van der Waals surface area contributed by atoms with E-state index in [1.165, 1.54) is 15.0 Å². The first-order valence-electron chi connectivity index (χ1n) is 7.03. The number of thiophene rings is 1. The van der Waals surface area contributed by atoms with Gasteiger partial charge < -0.3 is 4.43 Å². The van der Waals surface area contributed by atoms with E-state index >= 15 is 0 Å². The van der Waals surface area contributed by atoms with Gasteiger partial charge in [-0.25, -0.2) is 0 Å². The monoisotopic (exact) mass is 304 g/mol. The van der Waals surface area contributed by atoms with Crippen molar-refractivity contribution in [1.29, 1.82) is 0 Å². The highest BCUT2D eigenvalue weighted by molar-refractivity contribution is 7.19. The Bertz CT molecular complexity index is 574. The van der Waals surface area contributed by atoms with E-state index < -0.39 is 8.32 Å². The second-order valence-electron chi connectivity index (χ2n) is 6.72. The van der Waals surface area contributed by atoms with Crippen LogP contribution in [0, 0.1) is 0 Å². The van der Waals surface area contributed by atoms with Crippen molar-refractivity contribution in [3.05, 3.63) is 47.9 Å². The van der Waals surface area contributed by atoms with E-state index in [0.717, 1.165) is 0 Å². The summed E-state index contributed by atoms with van der Waals surface area (Å²) in [5.41, 5.74) is 0. The lowest BCUT2D eigenvalue weighted by molar-refractivity contribution is 0.233. The first kappa shape index (κ1) is 15.5. The summed E-state index contributed by atoms with van der Waals surface area (Å²) < 4.78 is 7.81. The van der Waals surface area contributed by atoms with Crippen molar-refractivity contribution in [2.45, 2.75) is 45.0 Å². The number of rotatable bonds is 4. The fourth-order valence-corrected chi connectivity index (χ4v) is 4.25. The summed E-state index contributed by atoms with van der Waals surface area (Å²) in [5, 5.41) is 1.50. The van der Waals surface area contributed by atoms with Crippen molar-refractivity contribution in [1.82, 2.24) is 0 Å². The van der Waals surface area contributed by atoms with Crippen LogP contribution in [0.2, 0.25) is 18.1 Å². The quantitative estimate of drug-likeness (QED) is 0.486. The van der Waals surface area contributed by atoms with Gasteiger partial charge in [-0.15, -0.1) is 17.9 Å². The summed E-state index contributed by atoms with van der Waals surface area (Å²) in [6.45, 7) is 15.4. The minimum Gasteiger partial charge on any atom is -0.406 e. The normalized spacial score (nSPS) is 14.4. The van der Waals surface area contributed by atoms with E-state index in [1.54, 1.807) is 0 Å². The maximum absolute atomic E-state index is 6.50. The van der Waals surface area contributed by atoms with E-state index in [0.29, 0.717) is 0 Å². The molecule has 0 aliphatic rings. The number of hydrogen-bond donors (Lipinski definition) is 0. The van der Waals surface area contributed by atoms with Crippen LogP contribution in [0.15, 0.2) is 43.0 Å². The SMILES string of the molecule is C=C[C@@H](O[Si](C)(C)C(C)(C)C)c1cc2ccccc2s1. The molecule has 0 N–H and O–H groups in total. The molecule has 0 spiro atoms. The van der Waals surface area contributed by atoms with Crippen LogP contribution in [0.4, 0.5) is 0 Å². The summed E-state index contributed by atoms with van der Waals surface area (Å²) in [6.07, 6.45) is 1.94. The zero-order valence-electron chi connectivity index (χ0n) is 13.1. The van der Waals surface area contributed by atoms with E-state index in [9.17, 15) is 0 Å². The molecule has 0 unspecified atom stereocenters. The van der Waals surface area contributed by atoms with Crippen molar-refractivity contribution in [3.8, 4) is 0 Å². The van der Waals surface area contributed by atoms with Crippen molar-refractivity contribution in [2.24, 2.45) is 0 Å². The third-order valence-corrected chi connectivity index (χ3v) is 9.80. The molecule has 1 aromatic carbocycles. The lowest BCUT2D eigenvalue weighted by Gasteiger charge is -2.38. The average Bonchev–Trinajstić information content (AvgIpc) is 2.78. The van der Waals surface area contributed by atoms with E-state index in [-0.39, 0.29) is 11.1 Å². The Morgan fingerprint density at radius 3 is 2.45 bits per heavy atom. The molecule has 0 saturated carbocycles. The van der Waals surface area contributed by atoms with Crippen LogP contribution in [-0.2, 0) is 4.43 Å². The lowest BCUT2D eigenvalue weighted by Crippen LogP contribution is -2.41. The molecule has 0 bridgehead atoms. The van der Waals surface area contributed by atoms with Crippen molar-refractivity contribution in [3.63, 3.8) is 0 Å². The predicted octanol–water partition coefficient (Wildman–Crippen LogP) is 6.15. The Balaban J connectivity index is 2.31. The topological polar surface area (TPSA) is 9.23 Å². The Labute approximate surface area is 127 Å². The highest BCUT2D eigenvalue weighted by atomic mass is 32.1. The zero-order valence-corrected chi connectivity index (χ0v) is 14.9. The van der Waals surface area contributed by atoms with Gasteiger partial charge in [0.1, 0.15) is 0 Å². The van der Waals surface area contributed by atoms with E-state index in [4.69, 9.17) is 4.43 Å². The molecule has 2 rings (SSSR count). The number of benzene rings is 1. The molecule has 0 fully saturated rings. The van der Waals surface area contributed by atoms with Gasteiger partial charge in [-0.05, 0) is 35.7 Å². The van der Waals surface area contributed by atoms with Crippen LogP contribution in [0.25, 0.3) is 10.1 Å². The molecule has 108 valence electrons. The highest BCUT2D eigenvalue weighted by Gasteiger charge is 2.39. The molecule has 20 heavy (non-hydrogen) atoms. The summed E-state index contributed by atoms with van der Waals surface area (Å²) in [4.78, 5) is 1.26. The van der Waals surface area contributed by atoms with Gasteiger partial charge in [0.2, 0.25) is 0 Å². The van der Waals surface area contributed by atoms with Crippen molar-refractivity contribution < 1.29 is 4.43 Å². The van der Waals surface area contributed by atoms with E-state index in [1.807, 2.05) is 17.4 Å². The van der Waals surface area contributed by atoms with Gasteiger partial charge in [-0.1, -0.05) is 45.0 Å². The molecule has 3 heteroatoms. The fourth-order valence-electron chi connectivity index (χ4n) is 1.86. The second kappa shape index (κ2) is 5.47. The van der Waals surface area contributed by atoms with E-state index in [2.05, 4.69) is 70.8 Å². The van der Waals surface area contributed by atoms with Gasteiger partial charge in [0.05, 0.1) is 6.10 Å². The highest BCUT2D eigenvalue weighted by Crippen LogP contribution is 2.41. The largest absolute Gasteiger partial charge is 0.406 e. The molecule has 0 aliphatic heterocycles. The minimum absolute atomic E-state index is 0.00768. The van der Waals surface area contributed by atoms with Crippen LogP contribution < -0.4 is 0 Å². The van der Waals surface area contributed by atoms with Crippen LogP contribution in [0.1, 0.15) is 31.8 Å². The summed E-state index contributed by atoms with van der Waals surface area (Å²) in [6, 6.07) is 10.7. The van der Waals surface area contributed by atoms with Crippen LogP contribution in [0.3, 0.4) is 0 Å². The van der Waals surface area contributed by atoms with Crippen LogP contribution in [0.5, 0.6) is 0 Å². The lowest BCUT2D eigenvalue weighted by atomic mass is 10.2.